The Morgan fingerprint density at radius 2 is 2.17 bits per heavy atom. The third-order valence-corrected chi connectivity index (χ3v) is 1.62. The van der Waals surface area contributed by atoms with Crippen LogP contribution in [0.4, 0.5) is 13.2 Å². The zero-order valence-corrected chi connectivity index (χ0v) is 7.28. The maximum atomic E-state index is 12.0. The van der Waals surface area contributed by atoms with Gasteiger partial charge in [0, 0.05) is 14.2 Å². The number of nitrogens with zero attached hydrogens (tertiary/aromatic N) is 1. The van der Waals surface area contributed by atoms with Gasteiger partial charge in [-0.25, -0.2) is 0 Å². The van der Waals surface area contributed by atoms with Crippen LogP contribution in [0, 0.1) is 0 Å². The number of alkyl halides is 4. The number of pyridine rings is 1. The molecule has 1 nitrogen and oxygen atoms in total. The predicted octanol–water partition coefficient (Wildman–Crippen LogP) is 3.00. The van der Waals surface area contributed by atoms with Crippen molar-refractivity contribution < 1.29 is 15.9 Å². The molecule has 1 heterocycles. The second kappa shape index (κ2) is 3.43. The van der Waals surface area contributed by atoms with E-state index in [0.29, 0.717) is 0 Å². The first-order valence-corrected chi connectivity index (χ1v) is 3.73. The lowest BCUT2D eigenvalue weighted by molar-refractivity contribution is -0.141. The van der Waals surface area contributed by atoms with Gasteiger partial charge in [0.1, 0.15) is 5.69 Å². The van der Waals surface area contributed by atoms with Crippen molar-refractivity contribution in [1.29, 1.82) is 0 Å². The minimum Gasteiger partial charge on any atom is -0.251 e. The standard InChI is InChI=1S/C7H5BrF3N/c8-3-5-1-2-6(12-4-5)7(9,10)11/h1-2,4H,3H2/i3D2. The fourth-order valence-electron chi connectivity index (χ4n) is 0.617. The van der Waals surface area contributed by atoms with E-state index in [1.807, 2.05) is 0 Å². The van der Waals surface area contributed by atoms with Gasteiger partial charge in [-0.3, -0.25) is 4.98 Å². The van der Waals surface area contributed by atoms with Crippen molar-refractivity contribution in [2.75, 3.05) is 0 Å². The van der Waals surface area contributed by atoms with Crippen LogP contribution >= 0.6 is 15.9 Å². The average molecular weight is 242 g/mol. The van der Waals surface area contributed by atoms with Crippen LogP contribution in [0.5, 0.6) is 0 Å². The number of aromatic nitrogens is 1. The van der Waals surface area contributed by atoms with Crippen LogP contribution in [0.15, 0.2) is 18.3 Å². The van der Waals surface area contributed by atoms with Crippen LogP contribution in [-0.2, 0) is 11.5 Å². The molecule has 12 heavy (non-hydrogen) atoms. The van der Waals surface area contributed by atoms with Crippen molar-refractivity contribution >= 4 is 15.9 Å². The van der Waals surface area contributed by atoms with Crippen molar-refractivity contribution in [3.8, 4) is 0 Å². The topological polar surface area (TPSA) is 12.9 Å². The Labute approximate surface area is 78.6 Å². The Morgan fingerprint density at radius 3 is 2.50 bits per heavy atom. The third kappa shape index (κ3) is 2.20. The Hall–Kier alpha value is -0.580. The fourth-order valence-corrected chi connectivity index (χ4v) is 0.852. The zero-order valence-electron chi connectivity index (χ0n) is 7.69. The molecule has 0 unspecified atom stereocenters. The SMILES string of the molecule is [2H]C([2H])(Br)c1ccc(C(F)(F)F)nc1. The normalized spacial score (nSPS) is 15.3. The lowest BCUT2D eigenvalue weighted by atomic mass is 10.3. The minimum atomic E-state index is -4.49. The maximum absolute atomic E-state index is 12.0. The van der Waals surface area contributed by atoms with E-state index in [1.54, 1.807) is 0 Å². The zero-order chi connectivity index (χ0) is 11.0. The summed E-state index contributed by atoms with van der Waals surface area (Å²) in [5, 5.41) is -1.86. The van der Waals surface area contributed by atoms with E-state index in [2.05, 4.69) is 20.9 Å². The minimum absolute atomic E-state index is 0.0468. The average Bonchev–Trinajstić information content (AvgIpc) is 2.01. The summed E-state index contributed by atoms with van der Waals surface area (Å²) in [7, 11) is 0. The molecule has 0 aliphatic carbocycles. The summed E-state index contributed by atoms with van der Waals surface area (Å²) in [5.74, 6) is 0. The van der Waals surface area contributed by atoms with Gasteiger partial charge < -0.3 is 0 Å². The molecule has 5 heteroatoms. The van der Waals surface area contributed by atoms with Crippen LogP contribution in [0.3, 0.4) is 0 Å². The number of hydrogen-bond acceptors (Lipinski definition) is 1. The van der Waals surface area contributed by atoms with Gasteiger partial charge in [0.15, 0.2) is 0 Å². The molecular weight excluding hydrogens is 235 g/mol. The Kier molecular flexibility index (Phi) is 1.97. The lowest BCUT2D eigenvalue weighted by Crippen LogP contribution is -2.07. The molecule has 0 N–H and O–H groups in total. The molecule has 0 atom stereocenters. The van der Waals surface area contributed by atoms with E-state index in [-0.39, 0.29) is 5.56 Å². The van der Waals surface area contributed by atoms with E-state index in [1.165, 1.54) is 0 Å². The molecule has 0 aromatic carbocycles. The van der Waals surface area contributed by atoms with Crippen LogP contribution < -0.4 is 0 Å². The number of hydrogen-bond donors (Lipinski definition) is 0. The van der Waals surface area contributed by atoms with Crippen molar-refractivity contribution in [2.45, 2.75) is 11.5 Å². The first kappa shape index (κ1) is 6.88. The van der Waals surface area contributed by atoms with Crippen molar-refractivity contribution in [3.63, 3.8) is 0 Å². The Bertz CT molecular complexity index is 284. The van der Waals surface area contributed by atoms with Crippen molar-refractivity contribution in [3.05, 3.63) is 29.6 Å². The molecule has 1 aromatic rings. The molecule has 1 aromatic heterocycles. The molecule has 0 saturated heterocycles. The summed E-state index contributed by atoms with van der Waals surface area (Å²) in [6.07, 6.45) is -3.63. The molecule has 0 spiro atoms. The van der Waals surface area contributed by atoms with Crippen LogP contribution in [0.25, 0.3) is 0 Å². The van der Waals surface area contributed by atoms with Gasteiger partial charge in [-0.05, 0) is 11.6 Å². The summed E-state index contributed by atoms with van der Waals surface area (Å²) in [4.78, 5) is 3.12. The monoisotopic (exact) mass is 241 g/mol. The smallest absolute Gasteiger partial charge is 0.251 e. The summed E-state index contributed by atoms with van der Waals surface area (Å²) >= 11 is 2.67. The Morgan fingerprint density at radius 1 is 1.50 bits per heavy atom. The van der Waals surface area contributed by atoms with Crippen LogP contribution in [0.2, 0.25) is 0 Å². The molecule has 1 rings (SSSR count). The second-order valence-corrected chi connectivity index (χ2v) is 2.42. The van der Waals surface area contributed by atoms with Gasteiger partial charge in [-0.2, -0.15) is 13.2 Å². The van der Waals surface area contributed by atoms with E-state index in [0.717, 1.165) is 18.3 Å². The first-order valence-electron chi connectivity index (χ1n) is 3.94. The van der Waals surface area contributed by atoms with E-state index in [9.17, 15) is 13.2 Å². The summed E-state index contributed by atoms with van der Waals surface area (Å²) in [6, 6.07) is 1.79. The fraction of sp³-hybridized carbons (Fsp3) is 0.286. The summed E-state index contributed by atoms with van der Waals surface area (Å²) < 4.78 is 50.5. The van der Waals surface area contributed by atoms with Crippen molar-refractivity contribution in [2.24, 2.45) is 0 Å². The van der Waals surface area contributed by atoms with Crippen LogP contribution in [0.1, 0.15) is 14.0 Å². The lowest BCUT2D eigenvalue weighted by Gasteiger charge is -2.04. The third-order valence-electron chi connectivity index (χ3n) is 1.16. The highest BCUT2D eigenvalue weighted by Crippen LogP contribution is 2.27. The van der Waals surface area contributed by atoms with E-state index in [4.69, 9.17) is 2.74 Å². The molecule has 0 amide bonds. The predicted molar refractivity (Wildman–Crippen MR) is 41.9 cm³/mol. The van der Waals surface area contributed by atoms with Gasteiger partial charge in [-0.1, -0.05) is 22.0 Å². The molecule has 0 fully saturated rings. The first-order chi connectivity index (χ1) is 6.21. The van der Waals surface area contributed by atoms with Gasteiger partial charge in [-0.15, -0.1) is 0 Å². The molecule has 0 bridgehead atoms. The van der Waals surface area contributed by atoms with E-state index < -0.39 is 17.2 Å². The van der Waals surface area contributed by atoms with Gasteiger partial charge >= 0.3 is 6.18 Å². The van der Waals surface area contributed by atoms with Gasteiger partial charge in [0.2, 0.25) is 0 Å². The Balaban J connectivity index is 3.02. The van der Waals surface area contributed by atoms with Crippen molar-refractivity contribution in [1.82, 2.24) is 4.98 Å². The maximum Gasteiger partial charge on any atom is 0.433 e. The number of rotatable bonds is 1. The molecule has 0 radical (unpaired) electrons. The highest BCUT2D eigenvalue weighted by atomic mass is 79.9. The molecule has 0 saturated carbocycles. The van der Waals surface area contributed by atoms with Gasteiger partial charge in [0.05, 0.1) is 0 Å². The largest absolute Gasteiger partial charge is 0.433 e. The molecule has 66 valence electrons. The number of halogens is 4. The summed E-state index contributed by atoms with van der Waals surface area (Å²) in [6.45, 7) is 0. The molecule has 0 aliphatic heterocycles. The molecular formula is C7H5BrF3N. The van der Waals surface area contributed by atoms with E-state index >= 15 is 0 Å². The van der Waals surface area contributed by atoms with Crippen LogP contribution in [-0.4, -0.2) is 4.98 Å². The summed E-state index contributed by atoms with van der Waals surface area (Å²) in [5.41, 5.74) is -0.983. The highest BCUT2D eigenvalue weighted by molar-refractivity contribution is 9.08. The highest BCUT2D eigenvalue weighted by Gasteiger charge is 2.31. The van der Waals surface area contributed by atoms with Gasteiger partial charge in [0.25, 0.3) is 0 Å². The molecule has 0 aliphatic rings. The second-order valence-electron chi connectivity index (χ2n) is 2.02. The quantitative estimate of drug-likeness (QED) is 0.690.